The number of halogens is 2. The predicted octanol–water partition coefficient (Wildman–Crippen LogP) is 3.43. The second-order valence-corrected chi connectivity index (χ2v) is 4.36. The Bertz CT molecular complexity index is 542. The molecule has 2 nitrogen and oxygen atoms in total. The quantitative estimate of drug-likeness (QED) is 0.917. The van der Waals surface area contributed by atoms with Crippen molar-refractivity contribution in [1.82, 2.24) is 0 Å². The number of benzene rings is 2. The van der Waals surface area contributed by atoms with Crippen LogP contribution in [0.1, 0.15) is 18.5 Å². The van der Waals surface area contributed by atoms with Crippen LogP contribution in [0.4, 0.5) is 8.78 Å². The first-order chi connectivity index (χ1) is 9.06. The lowest BCUT2D eigenvalue weighted by atomic mass is 10.0. The maximum atomic E-state index is 13.0. The Labute approximate surface area is 110 Å². The highest BCUT2D eigenvalue weighted by Gasteiger charge is 2.16. The van der Waals surface area contributed by atoms with Gasteiger partial charge in [-0.1, -0.05) is 18.2 Å². The van der Waals surface area contributed by atoms with Crippen molar-refractivity contribution in [3.63, 3.8) is 0 Å². The van der Waals surface area contributed by atoms with Crippen molar-refractivity contribution < 1.29 is 13.5 Å². The zero-order valence-electron chi connectivity index (χ0n) is 10.5. The molecular formula is C15H15F2NO. The molecule has 4 heteroatoms. The van der Waals surface area contributed by atoms with Crippen LogP contribution in [0.25, 0.3) is 0 Å². The Balaban J connectivity index is 2.07. The van der Waals surface area contributed by atoms with Crippen molar-refractivity contribution in [2.24, 2.45) is 5.73 Å². The van der Waals surface area contributed by atoms with Crippen LogP contribution < -0.4 is 10.5 Å². The molecule has 0 saturated heterocycles. The Morgan fingerprint density at radius 3 is 2.32 bits per heavy atom. The third-order valence-electron chi connectivity index (χ3n) is 2.88. The molecular weight excluding hydrogens is 248 g/mol. The largest absolute Gasteiger partial charge is 0.489 e. The van der Waals surface area contributed by atoms with E-state index in [1.165, 1.54) is 24.3 Å². The van der Waals surface area contributed by atoms with Crippen molar-refractivity contribution in [3.8, 4) is 5.75 Å². The van der Waals surface area contributed by atoms with E-state index in [1.807, 2.05) is 0 Å². The molecule has 2 N–H and O–H groups in total. The summed E-state index contributed by atoms with van der Waals surface area (Å²) < 4.78 is 31.4. The smallest absolute Gasteiger partial charge is 0.126 e. The predicted molar refractivity (Wildman–Crippen MR) is 69.8 cm³/mol. The van der Waals surface area contributed by atoms with Crippen LogP contribution in [0, 0.1) is 11.6 Å². The highest BCUT2D eigenvalue weighted by molar-refractivity contribution is 5.24. The minimum Gasteiger partial charge on any atom is -0.489 e. The third-order valence-corrected chi connectivity index (χ3v) is 2.88. The molecule has 2 atom stereocenters. The van der Waals surface area contributed by atoms with Gasteiger partial charge in [0.15, 0.2) is 0 Å². The molecule has 0 fully saturated rings. The third kappa shape index (κ3) is 3.51. The molecule has 0 aliphatic rings. The molecule has 0 bridgehead atoms. The van der Waals surface area contributed by atoms with E-state index < -0.39 is 6.04 Å². The van der Waals surface area contributed by atoms with Crippen LogP contribution in [0.2, 0.25) is 0 Å². The van der Waals surface area contributed by atoms with E-state index in [9.17, 15) is 8.78 Å². The highest BCUT2D eigenvalue weighted by atomic mass is 19.1. The van der Waals surface area contributed by atoms with Crippen molar-refractivity contribution in [2.45, 2.75) is 19.1 Å². The summed E-state index contributed by atoms with van der Waals surface area (Å²) in [5, 5.41) is 0. The van der Waals surface area contributed by atoms with E-state index >= 15 is 0 Å². The molecule has 2 aromatic carbocycles. The van der Waals surface area contributed by atoms with E-state index in [4.69, 9.17) is 10.5 Å². The summed E-state index contributed by atoms with van der Waals surface area (Å²) in [5.41, 5.74) is 6.80. The first-order valence-electron chi connectivity index (χ1n) is 5.99. The summed E-state index contributed by atoms with van der Waals surface area (Å²) in [6.07, 6.45) is -0.354. The molecule has 0 amide bonds. The van der Waals surface area contributed by atoms with Gasteiger partial charge in [0, 0.05) is 6.07 Å². The van der Waals surface area contributed by atoms with Gasteiger partial charge in [-0.15, -0.1) is 0 Å². The van der Waals surface area contributed by atoms with E-state index in [0.29, 0.717) is 5.75 Å². The van der Waals surface area contributed by atoms with Gasteiger partial charge in [0.2, 0.25) is 0 Å². The van der Waals surface area contributed by atoms with Gasteiger partial charge in [-0.3, -0.25) is 0 Å². The zero-order chi connectivity index (χ0) is 13.8. The molecule has 0 radical (unpaired) electrons. The summed E-state index contributed by atoms with van der Waals surface area (Å²) >= 11 is 0. The van der Waals surface area contributed by atoms with E-state index in [1.54, 1.807) is 31.2 Å². The molecule has 100 valence electrons. The fourth-order valence-corrected chi connectivity index (χ4v) is 1.78. The minimum atomic E-state index is -0.413. The number of ether oxygens (including phenoxy) is 1. The SMILES string of the molecule is CC(Oc1cccc(F)c1)C(N)c1ccc(F)cc1. The van der Waals surface area contributed by atoms with Gasteiger partial charge >= 0.3 is 0 Å². The summed E-state index contributed by atoms with van der Waals surface area (Å²) in [6.45, 7) is 1.79. The van der Waals surface area contributed by atoms with Crippen LogP contribution in [-0.2, 0) is 0 Å². The Hall–Kier alpha value is -1.94. The lowest BCUT2D eigenvalue weighted by Gasteiger charge is -2.21. The molecule has 0 aliphatic carbocycles. The molecule has 0 spiro atoms. The van der Waals surface area contributed by atoms with Gasteiger partial charge in [0.25, 0.3) is 0 Å². The van der Waals surface area contributed by atoms with Crippen molar-refractivity contribution >= 4 is 0 Å². The number of hydrogen-bond acceptors (Lipinski definition) is 2. The molecule has 2 rings (SSSR count). The van der Waals surface area contributed by atoms with Crippen molar-refractivity contribution in [1.29, 1.82) is 0 Å². The lowest BCUT2D eigenvalue weighted by Crippen LogP contribution is -2.28. The van der Waals surface area contributed by atoms with Gasteiger partial charge in [-0.2, -0.15) is 0 Å². The molecule has 2 unspecified atom stereocenters. The molecule has 2 aromatic rings. The molecule has 0 heterocycles. The maximum Gasteiger partial charge on any atom is 0.126 e. The van der Waals surface area contributed by atoms with Crippen LogP contribution in [0.5, 0.6) is 5.75 Å². The van der Waals surface area contributed by atoms with Gasteiger partial charge in [0.1, 0.15) is 23.5 Å². The molecule has 0 aromatic heterocycles. The van der Waals surface area contributed by atoms with E-state index in [-0.39, 0.29) is 17.7 Å². The first kappa shape index (κ1) is 13.5. The van der Waals surface area contributed by atoms with Crippen LogP contribution in [0.15, 0.2) is 48.5 Å². The van der Waals surface area contributed by atoms with Crippen molar-refractivity contribution in [2.75, 3.05) is 0 Å². The topological polar surface area (TPSA) is 35.2 Å². The summed E-state index contributed by atoms with van der Waals surface area (Å²) in [6, 6.07) is 11.4. The Morgan fingerprint density at radius 1 is 1.00 bits per heavy atom. The maximum absolute atomic E-state index is 13.0. The average Bonchev–Trinajstić information content (AvgIpc) is 2.39. The van der Waals surface area contributed by atoms with Crippen molar-refractivity contribution in [3.05, 3.63) is 65.7 Å². The number of hydrogen-bond donors (Lipinski definition) is 1. The summed E-state index contributed by atoms with van der Waals surface area (Å²) in [4.78, 5) is 0. The Morgan fingerprint density at radius 2 is 1.68 bits per heavy atom. The van der Waals surface area contributed by atoms with Gasteiger partial charge in [-0.25, -0.2) is 8.78 Å². The fourth-order valence-electron chi connectivity index (χ4n) is 1.78. The van der Waals surface area contributed by atoms with E-state index in [0.717, 1.165) is 5.56 Å². The van der Waals surface area contributed by atoms with Crippen LogP contribution in [-0.4, -0.2) is 6.10 Å². The lowest BCUT2D eigenvalue weighted by molar-refractivity contribution is 0.190. The van der Waals surface area contributed by atoms with Crippen LogP contribution >= 0.6 is 0 Å². The normalized spacial score (nSPS) is 13.9. The second-order valence-electron chi connectivity index (χ2n) is 4.36. The molecule has 0 aliphatic heterocycles. The second kappa shape index (κ2) is 5.80. The van der Waals surface area contributed by atoms with Gasteiger partial charge in [-0.05, 0) is 36.8 Å². The first-order valence-corrected chi connectivity index (χ1v) is 5.99. The minimum absolute atomic E-state index is 0.311. The molecule has 19 heavy (non-hydrogen) atoms. The van der Waals surface area contributed by atoms with Crippen LogP contribution in [0.3, 0.4) is 0 Å². The summed E-state index contributed by atoms with van der Waals surface area (Å²) in [5.74, 6) is -0.250. The number of rotatable bonds is 4. The zero-order valence-corrected chi connectivity index (χ0v) is 10.5. The highest BCUT2D eigenvalue weighted by Crippen LogP contribution is 2.21. The Kier molecular flexibility index (Phi) is 4.12. The van der Waals surface area contributed by atoms with Gasteiger partial charge < -0.3 is 10.5 Å². The van der Waals surface area contributed by atoms with E-state index in [2.05, 4.69) is 0 Å². The summed E-state index contributed by atoms with van der Waals surface area (Å²) in [7, 11) is 0. The fraction of sp³-hybridized carbons (Fsp3) is 0.200. The molecule has 0 saturated carbocycles. The monoisotopic (exact) mass is 263 g/mol. The average molecular weight is 263 g/mol. The number of nitrogens with two attached hydrogens (primary N) is 1. The van der Waals surface area contributed by atoms with Gasteiger partial charge in [0.05, 0.1) is 6.04 Å². The standard InChI is InChI=1S/C15H15F2NO/c1-10(19-14-4-2-3-13(17)9-14)15(18)11-5-7-12(16)8-6-11/h2-10,15H,18H2,1H3.